The Morgan fingerprint density at radius 1 is 1.38 bits per heavy atom. The lowest BCUT2D eigenvalue weighted by atomic mass is 9.83. The van der Waals surface area contributed by atoms with Gasteiger partial charge in [0.2, 0.25) is 6.33 Å². The zero-order valence-electron chi connectivity index (χ0n) is 10.0. The topological polar surface area (TPSA) is 25.9 Å². The number of carbonyl (C=O) groups is 1. The van der Waals surface area contributed by atoms with Crippen LogP contribution in [0.4, 0.5) is 0 Å². The van der Waals surface area contributed by atoms with Gasteiger partial charge in [-0.1, -0.05) is 19.8 Å². The van der Waals surface area contributed by atoms with E-state index in [1.54, 1.807) is 0 Å². The minimum Gasteiger partial charge on any atom is -0.299 e. The van der Waals surface area contributed by atoms with E-state index in [1.807, 2.05) is 17.1 Å². The molecule has 0 N–H and O–H groups in total. The molecular weight excluding hydrogens is 200 g/mol. The highest BCUT2D eigenvalue weighted by Crippen LogP contribution is 2.29. The van der Waals surface area contributed by atoms with Crippen LogP contribution >= 0.6 is 0 Å². The predicted octanol–water partition coefficient (Wildman–Crippen LogP) is 1.80. The number of imidazole rings is 1. The van der Waals surface area contributed by atoms with Gasteiger partial charge in [0, 0.05) is 0 Å². The van der Waals surface area contributed by atoms with Crippen LogP contribution in [0.3, 0.4) is 0 Å². The van der Waals surface area contributed by atoms with Crippen molar-refractivity contribution < 1.29 is 9.36 Å². The van der Waals surface area contributed by atoms with Crippen LogP contribution < -0.4 is 4.57 Å². The Balaban J connectivity index is 1.86. The highest BCUT2D eigenvalue weighted by atomic mass is 16.1. The second-order valence-corrected chi connectivity index (χ2v) is 5.10. The molecule has 1 fully saturated rings. The fourth-order valence-electron chi connectivity index (χ4n) is 2.55. The molecule has 0 spiro atoms. The van der Waals surface area contributed by atoms with E-state index in [-0.39, 0.29) is 0 Å². The van der Waals surface area contributed by atoms with Gasteiger partial charge >= 0.3 is 0 Å². The van der Waals surface area contributed by atoms with Gasteiger partial charge in [-0.15, -0.1) is 0 Å². The summed E-state index contributed by atoms with van der Waals surface area (Å²) in [6.45, 7) is 3.93. The number of aromatic nitrogens is 2. The summed E-state index contributed by atoms with van der Waals surface area (Å²) in [5.74, 6) is 1.74. The number of hydrogen-bond donors (Lipinski definition) is 0. The van der Waals surface area contributed by atoms with Gasteiger partial charge in [0.25, 0.3) is 0 Å². The van der Waals surface area contributed by atoms with Gasteiger partial charge in [-0.25, -0.2) is 9.13 Å². The van der Waals surface area contributed by atoms with E-state index in [1.165, 1.54) is 25.7 Å². The normalized spacial score (nSPS) is 25.6. The second kappa shape index (κ2) is 5.28. The number of rotatable bonds is 4. The van der Waals surface area contributed by atoms with Crippen LogP contribution in [0.15, 0.2) is 18.7 Å². The standard InChI is InChI=1S/C13H21N2O/c1-12-2-4-13(5-3-12)10-15-7-6-14(11-15)8-9-16/h6-7,9,11-13H,2-5,8,10H2,1H3/q+1. The smallest absolute Gasteiger partial charge is 0.244 e. The maximum Gasteiger partial charge on any atom is 0.244 e. The third-order valence-electron chi connectivity index (χ3n) is 3.64. The molecule has 1 aliphatic rings. The average Bonchev–Trinajstić information content (AvgIpc) is 2.70. The quantitative estimate of drug-likeness (QED) is 0.562. The van der Waals surface area contributed by atoms with E-state index in [9.17, 15) is 4.79 Å². The van der Waals surface area contributed by atoms with Gasteiger partial charge in [-0.2, -0.15) is 0 Å². The highest BCUT2D eigenvalue weighted by Gasteiger charge is 2.20. The third-order valence-corrected chi connectivity index (χ3v) is 3.64. The zero-order valence-corrected chi connectivity index (χ0v) is 10.0. The minimum atomic E-state index is 0.467. The summed E-state index contributed by atoms with van der Waals surface area (Å²) in [7, 11) is 0. The van der Waals surface area contributed by atoms with Crippen molar-refractivity contribution in [1.29, 1.82) is 0 Å². The van der Waals surface area contributed by atoms with Gasteiger partial charge in [0.1, 0.15) is 18.9 Å². The molecule has 1 aromatic heterocycles. The summed E-state index contributed by atoms with van der Waals surface area (Å²) in [6, 6.07) is 0. The molecule has 16 heavy (non-hydrogen) atoms. The van der Waals surface area contributed by atoms with Crippen molar-refractivity contribution in [2.75, 3.05) is 0 Å². The third kappa shape index (κ3) is 2.94. The summed E-state index contributed by atoms with van der Waals surface area (Å²) in [5.41, 5.74) is 0. The van der Waals surface area contributed by atoms with Crippen molar-refractivity contribution in [2.45, 2.75) is 45.7 Å². The van der Waals surface area contributed by atoms with Gasteiger partial charge in [-0.3, -0.25) is 4.79 Å². The monoisotopic (exact) mass is 221 g/mol. The van der Waals surface area contributed by atoms with E-state index in [0.717, 1.165) is 24.7 Å². The molecule has 0 radical (unpaired) electrons. The summed E-state index contributed by atoms with van der Waals surface area (Å²) < 4.78 is 4.14. The van der Waals surface area contributed by atoms with Crippen LogP contribution in [-0.4, -0.2) is 10.9 Å². The lowest BCUT2D eigenvalue weighted by Gasteiger charge is -2.24. The molecule has 88 valence electrons. The van der Waals surface area contributed by atoms with Crippen molar-refractivity contribution in [3.8, 4) is 0 Å². The van der Waals surface area contributed by atoms with Crippen LogP contribution in [0.25, 0.3) is 0 Å². The minimum absolute atomic E-state index is 0.467. The van der Waals surface area contributed by atoms with Crippen LogP contribution in [0.2, 0.25) is 0 Å². The molecule has 0 bridgehead atoms. The average molecular weight is 221 g/mol. The number of carbonyl (C=O) groups excluding carboxylic acids is 1. The summed E-state index contributed by atoms with van der Waals surface area (Å²) in [5, 5.41) is 0. The molecular formula is C13H21N2O+. The number of nitrogens with zero attached hydrogens (tertiary/aromatic N) is 2. The predicted molar refractivity (Wildman–Crippen MR) is 61.8 cm³/mol. The van der Waals surface area contributed by atoms with Crippen LogP contribution in [-0.2, 0) is 17.9 Å². The van der Waals surface area contributed by atoms with Gasteiger partial charge in [0.05, 0.1) is 6.54 Å². The molecule has 1 saturated carbocycles. The second-order valence-electron chi connectivity index (χ2n) is 5.10. The van der Waals surface area contributed by atoms with Crippen molar-refractivity contribution in [1.82, 2.24) is 4.57 Å². The van der Waals surface area contributed by atoms with Gasteiger partial charge < -0.3 is 0 Å². The fourth-order valence-corrected chi connectivity index (χ4v) is 2.55. The largest absolute Gasteiger partial charge is 0.299 e. The molecule has 0 saturated heterocycles. The molecule has 0 atom stereocenters. The maximum atomic E-state index is 10.4. The van der Waals surface area contributed by atoms with E-state index < -0.39 is 0 Å². The molecule has 1 heterocycles. The first-order valence-electron chi connectivity index (χ1n) is 6.26. The summed E-state index contributed by atoms with van der Waals surface area (Å²) in [6.07, 6.45) is 12.5. The summed E-state index contributed by atoms with van der Waals surface area (Å²) in [4.78, 5) is 10.4. The number of aldehydes is 1. The van der Waals surface area contributed by atoms with Gasteiger partial charge in [0.15, 0.2) is 6.29 Å². The van der Waals surface area contributed by atoms with Crippen LogP contribution in [0, 0.1) is 11.8 Å². The van der Waals surface area contributed by atoms with E-state index in [2.05, 4.69) is 17.7 Å². The van der Waals surface area contributed by atoms with Crippen molar-refractivity contribution in [3.05, 3.63) is 18.7 Å². The highest BCUT2D eigenvalue weighted by molar-refractivity contribution is 5.46. The first-order chi connectivity index (χ1) is 7.78. The Hall–Kier alpha value is -1.12. The lowest BCUT2D eigenvalue weighted by Crippen LogP contribution is -2.31. The lowest BCUT2D eigenvalue weighted by molar-refractivity contribution is -0.682. The summed E-state index contributed by atoms with van der Waals surface area (Å²) >= 11 is 0. The van der Waals surface area contributed by atoms with E-state index >= 15 is 0 Å². The van der Waals surface area contributed by atoms with E-state index in [0.29, 0.717) is 6.54 Å². The molecule has 3 heteroatoms. The van der Waals surface area contributed by atoms with E-state index in [4.69, 9.17) is 0 Å². The molecule has 3 nitrogen and oxygen atoms in total. The Morgan fingerprint density at radius 2 is 2.12 bits per heavy atom. The number of hydrogen-bond acceptors (Lipinski definition) is 1. The molecule has 0 unspecified atom stereocenters. The van der Waals surface area contributed by atoms with Crippen LogP contribution in [0.1, 0.15) is 32.6 Å². The Bertz CT molecular complexity index is 337. The first kappa shape index (κ1) is 11.4. The molecule has 0 aromatic carbocycles. The fraction of sp³-hybridized carbons (Fsp3) is 0.692. The Labute approximate surface area is 97.1 Å². The SMILES string of the molecule is CC1CCC(Cn2cc[n+](CC=O)c2)CC1. The Kier molecular flexibility index (Phi) is 3.75. The Morgan fingerprint density at radius 3 is 2.81 bits per heavy atom. The first-order valence-corrected chi connectivity index (χ1v) is 6.26. The molecule has 2 rings (SSSR count). The maximum absolute atomic E-state index is 10.4. The molecule has 1 aliphatic carbocycles. The molecule has 0 aliphatic heterocycles. The van der Waals surface area contributed by atoms with Crippen molar-refractivity contribution >= 4 is 6.29 Å². The van der Waals surface area contributed by atoms with Gasteiger partial charge in [-0.05, 0) is 24.7 Å². The zero-order chi connectivity index (χ0) is 11.4. The van der Waals surface area contributed by atoms with Crippen LogP contribution in [0.5, 0.6) is 0 Å². The van der Waals surface area contributed by atoms with Crippen molar-refractivity contribution in [2.24, 2.45) is 11.8 Å². The van der Waals surface area contributed by atoms with Crippen molar-refractivity contribution in [3.63, 3.8) is 0 Å². The molecule has 1 aromatic rings. The molecule has 0 amide bonds.